The van der Waals surface area contributed by atoms with Crippen LogP contribution in [0.15, 0.2) is 42.6 Å². The first-order valence-electron chi connectivity index (χ1n) is 6.21. The summed E-state index contributed by atoms with van der Waals surface area (Å²) in [4.78, 5) is 17.2. The molecule has 0 bridgehead atoms. The highest BCUT2D eigenvalue weighted by Crippen LogP contribution is 2.25. The summed E-state index contributed by atoms with van der Waals surface area (Å²) in [6.07, 6.45) is 1.35. The van der Waals surface area contributed by atoms with Crippen molar-refractivity contribution < 1.29 is 9.53 Å². The van der Waals surface area contributed by atoms with Gasteiger partial charge in [-0.15, -0.1) is 0 Å². The van der Waals surface area contributed by atoms with Gasteiger partial charge in [0.2, 0.25) is 0 Å². The number of hydrogen-bond donors (Lipinski definition) is 1. The highest BCUT2D eigenvalue weighted by atomic mass is 16.5. The SMILES string of the molecule is CNc1cc(-c2cccc(N(C)C(=O)OC)c2)ccn1. The highest BCUT2D eigenvalue weighted by molar-refractivity contribution is 5.88. The third-order valence-corrected chi connectivity index (χ3v) is 3.03. The van der Waals surface area contributed by atoms with Gasteiger partial charge in [-0.1, -0.05) is 12.1 Å². The van der Waals surface area contributed by atoms with Crippen molar-refractivity contribution in [2.24, 2.45) is 0 Å². The summed E-state index contributed by atoms with van der Waals surface area (Å²) in [6.45, 7) is 0. The Hall–Kier alpha value is -2.56. The predicted molar refractivity (Wildman–Crippen MR) is 80.0 cm³/mol. The smallest absolute Gasteiger partial charge is 0.413 e. The molecular formula is C15H17N3O2. The Labute approximate surface area is 118 Å². The molecule has 5 nitrogen and oxygen atoms in total. The molecule has 1 aromatic carbocycles. The van der Waals surface area contributed by atoms with Crippen molar-refractivity contribution in [1.82, 2.24) is 4.98 Å². The van der Waals surface area contributed by atoms with Gasteiger partial charge in [-0.25, -0.2) is 9.78 Å². The molecule has 0 unspecified atom stereocenters. The Morgan fingerprint density at radius 3 is 2.70 bits per heavy atom. The fraction of sp³-hybridized carbons (Fsp3) is 0.200. The first-order valence-corrected chi connectivity index (χ1v) is 6.21. The van der Waals surface area contributed by atoms with Crippen LogP contribution in [0.5, 0.6) is 0 Å². The number of anilines is 2. The van der Waals surface area contributed by atoms with Gasteiger partial charge in [0, 0.05) is 26.0 Å². The van der Waals surface area contributed by atoms with Crippen molar-refractivity contribution in [3.05, 3.63) is 42.6 Å². The molecule has 0 aliphatic heterocycles. The Balaban J connectivity index is 2.36. The van der Waals surface area contributed by atoms with Crippen molar-refractivity contribution in [2.45, 2.75) is 0 Å². The van der Waals surface area contributed by atoms with E-state index in [9.17, 15) is 4.79 Å². The van der Waals surface area contributed by atoms with Crippen molar-refractivity contribution in [2.75, 3.05) is 31.4 Å². The molecule has 2 rings (SSSR count). The average molecular weight is 271 g/mol. The number of pyridine rings is 1. The zero-order valence-electron chi connectivity index (χ0n) is 11.8. The van der Waals surface area contributed by atoms with E-state index in [0.29, 0.717) is 0 Å². The fourth-order valence-electron chi connectivity index (χ4n) is 1.88. The van der Waals surface area contributed by atoms with E-state index in [1.165, 1.54) is 12.0 Å². The number of rotatable bonds is 3. The maximum atomic E-state index is 11.5. The number of ether oxygens (including phenoxy) is 1. The molecule has 2 aromatic rings. The van der Waals surface area contributed by atoms with E-state index in [-0.39, 0.29) is 0 Å². The number of amides is 1. The van der Waals surface area contributed by atoms with Crippen molar-refractivity contribution in [3.63, 3.8) is 0 Å². The molecule has 1 amide bonds. The molecule has 5 heteroatoms. The zero-order valence-corrected chi connectivity index (χ0v) is 11.8. The second-order valence-electron chi connectivity index (χ2n) is 4.26. The molecule has 0 saturated carbocycles. The van der Waals surface area contributed by atoms with Crippen LogP contribution in [0.1, 0.15) is 0 Å². The molecule has 0 aliphatic rings. The molecule has 1 aromatic heterocycles. The standard InChI is InChI=1S/C15H17N3O2/c1-16-14-10-12(7-8-17-14)11-5-4-6-13(9-11)18(2)15(19)20-3/h4-10H,1-3H3,(H,16,17). The van der Waals surface area contributed by atoms with Crippen molar-refractivity contribution in [1.29, 1.82) is 0 Å². The number of aromatic nitrogens is 1. The van der Waals surface area contributed by atoms with E-state index < -0.39 is 6.09 Å². The minimum absolute atomic E-state index is 0.396. The maximum absolute atomic E-state index is 11.5. The minimum Gasteiger partial charge on any atom is -0.452 e. The first kappa shape index (κ1) is 13.9. The van der Waals surface area contributed by atoms with E-state index in [0.717, 1.165) is 22.6 Å². The lowest BCUT2D eigenvalue weighted by molar-refractivity contribution is 0.180. The van der Waals surface area contributed by atoms with Crippen LogP contribution >= 0.6 is 0 Å². The lowest BCUT2D eigenvalue weighted by atomic mass is 10.1. The molecule has 1 heterocycles. The lowest BCUT2D eigenvalue weighted by Gasteiger charge is -2.16. The van der Waals surface area contributed by atoms with Crippen LogP contribution in [-0.2, 0) is 4.74 Å². The maximum Gasteiger partial charge on any atom is 0.413 e. The number of nitrogens with one attached hydrogen (secondary N) is 1. The molecule has 0 saturated heterocycles. The normalized spacial score (nSPS) is 9.95. The van der Waals surface area contributed by atoms with E-state index in [2.05, 4.69) is 10.3 Å². The van der Waals surface area contributed by atoms with Crippen LogP contribution in [0.4, 0.5) is 16.3 Å². The average Bonchev–Trinajstić information content (AvgIpc) is 2.53. The van der Waals surface area contributed by atoms with Crippen LogP contribution < -0.4 is 10.2 Å². The van der Waals surface area contributed by atoms with Gasteiger partial charge in [0.15, 0.2) is 0 Å². The second kappa shape index (κ2) is 6.06. The molecule has 0 fully saturated rings. The third-order valence-electron chi connectivity index (χ3n) is 3.03. The summed E-state index contributed by atoms with van der Waals surface area (Å²) in [5, 5.41) is 3.01. The molecule has 20 heavy (non-hydrogen) atoms. The number of benzene rings is 1. The van der Waals surface area contributed by atoms with Gasteiger partial charge in [0.25, 0.3) is 0 Å². The molecule has 0 spiro atoms. The van der Waals surface area contributed by atoms with Crippen LogP contribution in [0, 0.1) is 0 Å². The number of carbonyl (C=O) groups excluding carboxylic acids is 1. The Bertz CT molecular complexity index is 614. The van der Waals surface area contributed by atoms with Gasteiger partial charge in [-0.05, 0) is 35.4 Å². The Kier molecular flexibility index (Phi) is 4.20. The molecule has 0 aliphatic carbocycles. The van der Waals surface area contributed by atoms with Gasteiger partial charge in [-0.3, -0.25) is 4.90 Å². The third kappa shape index (κ3) is 2.88. The van der Waals surface area contributed by atoms with E-state index in [1.807, 2.05) is 43.4 Å². The monoisotopic (exact) mass is 271 g/mol. The molecule has 1 N–H and O–H groups in total. The summed E-state index contributed by atoms with van der Waals surface area (Å²) in [6, 6.07) is 11.6. The van der Waals surface area contributed by atoms with Crippen LogP contribution in [0.3, 0.4) is 0 Å². The highest BCUT2D eigenvalue weighted by Gasteiger charge is 2.11. The van der Waals surface area contributed by atoms with Gasteiger partial charge in [0.05, 0.1) is 7.11 Å². The van der Waals surface area contributed by atoms with Crippen LogP contribution in [-0.4, -0.2) is 32.3 Å². The molecule has 0 radical (unpaired) electrons. The van der Waals surface area contributed by atoms with Gasteiger partial charge in [-0.2, -0.15) is 0 Å². The molecule has 104 valence electrons. The quantitative estimate of drug-likeness (QED) is 0.932. The summed E-state index contributed by atoms with van der Waals surface area (Å²) in [7, 11) is 4.87. The summed E-state index contributed by atoms with van der Waals surface area (Å²) < 4.78 is 4.72. The van der Waals surface area contributed by atoms with Gasteiger partial charge < -0.3 is 10.1 Å². The van der Waals surface area contributed by atoms with Gasteiger partial charge in [0.1, 0.15) is 5.82 Å². The number of hydrogen-bond acceptors (Lipinski definition) is 4. The molecule has 0 atom stereocenters. The lowest BCUT2D eigenvalue weighted by Crippen LogP contribution is -2.25. The minimum atomic E-state index is -0.396. The number of nitrogens with zero attached hydrogens (tertiary/aromatic N) is 2. The fourth-order valence-corrected chi connectivity index (χ4v) is 1.88. The van der Waals surface area contributed by atoms with Crippen LogP contribution in [0.25, 0.3) is 11.1 Å². The topological polar surface area (TPSA) is 54.5 Å². The van der Waals surface area contributed by atoms with Gasteiger partial charge >= 0.3 is 6.09 Å². The summed E-state index contributed by atoms with van der Waals surface area (Å²) in [5.74, 6) is 0.800. The first-order chi connectivity index (χ1) is 9.65. The Morgan fingerprint density at radius 1 is 1.25 bits per heavy atom. The largest absolute Gasteiger partial charge is 0.452 e. The van der Waals surface area contributed by atoms with Crippen molar-refractivity contribution in [3.8, 4) is 11.1 Å². The Morgan fingerprint density at radius 2 is 2.00 bits per heavy atom. The summed E-state index contributed by atoms with van der Waals surface area (Å²) >= 11 is 0. The van der Waals surface area contributed by atoms with E-state index in [4.69, 9.17) is 4.74 Å². The summed E-state index contributed by atoms with van der Waals surface area (Å²) in [5.41, 5.74) is 2.82. The predicted octanol–water partition coefficient (Wildman–Crippen LogP) is 2.99. The molecular weight excluding hydrogens is 254 g/mol. The van der Waals surface area contributed by atoms with Crippen LogP contribution in [0.2, 0.25) is 0 Å². The second-order valence-corrected chi connectivity index (χ2v) is 4.26. The zero-order chi connectivity index (χ0) is 14.5. The van der Waals surface area contributed by atoms with E-state index >= 15 is 0 Å². The van der Waals surface area contributed by atoms with Crippen molar-refractivity contribution >= 4 is 17.6 Å². The number of carbonyl (C=O) groups is 1. The number of methoxy groups -OCH3 is 1. The van der Waals surface area contributed by atoms with E-state index in [1.54, 1.807) is 13.2 Å².